The molecule has 1 fully saturated rings. The molecule has 2 aromatic carbocycles. The Morgan fingerprint density at radius 1 is 1.00 bits per heavy atom. The quantitative estimate of drug-likeness (QED) is 0.579. The highest BCUT2D eigenvalue weighted by atomic mass is 79.9. The van der Waals surface area contributed by atoms with Gasteiger partial charge < -0.3 is 10.6 Å². The Bertz CT molecular complexity index is 1040. The second kappa shape index (κ2) is 10.4. The number of nitrogens with zero attached hydrogens (tertiary/aromatic N) is 2. The van der Waals surface area contributed by atoms with E-state index in [-0.39, 0.29) is 0 Å². The molecule has 1 aliphatic heterocycles. The molecule has 8 nitrogen and oxygen atoms in total. The molecule has 31 heavy (non-hydrogen) atoms. The standard InChI is InChI=1S/C21H25BrN4O4S/c1-16-15-17(7-8-19(16)22)24-21(28)20(27)23-9-10-25-11-13-26(14-12-25)31(29,30)18-5-3-2-4-6-18/h2-8,15H,9-14H2,1H3,(H,23,27)(H,24,28). The molecule has 0 aliphatic carbocycles. The highest BCUT2D eigenvalue weighted by Crippen LogP contribution is 2.20. The molecular weight excluding hydrogens is 484 g/mol. The molecule has 0 radical (unpaired) electrons. The number of anilines is 1. The van der Waals surface area contributed by atoms with E-state index in [1.807, 2.05) is 6.92 Å². The van der Waals surface area contributed by atoms with Gasteiger partial charge in [0.15, 0.2) is 0 Å². The highest BCUT2D eigenvalue weighted by Gasteiger charge is 2.28. The summed E-state index contributed by atoms with van der Waals surface area (Å²) in [5, 5.41) is 5.19. The second-order valence-corrected chi connectivity index (χ2v) is 10.0. The summed E-state index contributed by atoms with van der Waals surface area (Å²) in [4.78, 5) is 26.5. The van der Waals surface area contributed by atoms with E-state index in [0.717, 1.165) is 10.0 Å². The lowest BCUT2D eigenvalue weighted by molar-refractivity contribution is -0.136. The molecule has 166 valence electrons. The molecule has 10 heteroatoms. The van der Waals surface area contributed by atoms with Gasteiger partial charge in [-0.15, -0.1) is 0 Å². The van der Waals surface area contributed by atoms with Crippen LogP contribution < -0.4 is 10.6 Å². The fourth-order valence-electron chi connectivity index (χ4n) is 3.25. The van der Waals surface area contributed by atoms with E-state index in [2.05, 4.69) is 31.5 Å². The van der Waals surface area contributed by atoms with Crippen molar-refractivity contribution >= 4 is 43.5 Å². The van der Waals surface area contributed by atoms with Crippen molar-refractivity contribution in [2.75, 3.05) is 44.6 Å². The number of hydrogen-bond donors (Lipinski definition) is 2. The Labute approximate surface area is 190 Å². The molecular formula is C21H25BrN4O4S. The summed E-state index contributed by atoms with van der Waals surface area (Å²) in [5.41, 5.74) is 1.50. The molecule has 0 bridgehead atoms. The number of aryl methyl sites for hydroxylation is 1. The van der Waals surface area contributed by atoms with Crippen LogP contribution >= 0.6 is 15.9 Å². The molecule has 0 spiro atoms. The van der Waals surface area contributed by atoms with Crippen molar-refractivity contribution in [1.29, 1.82) is 0 Å². The molecule has 1 aliphatic rings. The van der Waals surface area contributed by atoms with Crippen LogP contribution in [0.15, 0.2) is 57.9 Å². The number of rotatable bonds is 6. The number of nitrogens with one attached hydrogen (secondary N) is 2. The van der Waals surface area contributed by atoms with Gasteiger partial charge in [0, 0.05) is 49.4 Å². The van der Waals surface area contributed by atoms with E-state index >= 15 is 0 Å². The van der Waals surface area contributed by atoms with Crippen molar-refractivity contribution in [2.24, 2.45) is 0 Å². The average Bonchev–Trinajstić information content (AvgIpc) is 2.77. The summed E-state index contributed by atoms with van der Waals surface area (Å²) in [6, 6.07) is 13.7. The number of carbonyl (C=O) groups is 2. The van der Waals surface area contributed by atoms with Crippen LogP contribution in [0, 0.1) is 6.92 Å². The predicted molar refractivity (Wildman–Crippen MR) is 122 cm³/mol. The zero-order chi connectivity index (χ0) is 22.4. The third-order valence-electron chi connectivity index (χ3n) is 5.05. The van der Waals surface area contributed by atoms with Gasteiger partial charge in [0.05, 0.1) is 4.90 Å². The van der Waals surface area contributed by atoms with Crippen molar-refractivity contribution in [3.05, 3.63) is 58.6 Å². The van der Waals surface area contributed by atoms with Crippen molar-refractivity contribution in [1.82, 2.24) is 14.5 Å². The summed E-state index contributed by atoms with van der Waals surface area (Å²) >= 11 is 3.39. The molecule has 0 aromatic heterocycles. The minimum atomic E-state index is -3.49. The largest absolute Gasteiger partial charge is 0.347 e. The normalized spacial score (nSPS) is 15.4. The lowest BCUT2D eigenvalue weighted by Crippen LogP contribution is -2.50. The molecule has 0 saturated carbocycles. The van der Waals surface area contributed by atoms with E-state index in [0.29, 0.717) is 49.9 Å². The Hall–Kier alpha value is -2.27. The van der Waals surface area contributed by atoms with Gasteiger partial charge in [-0.25, -0.2) is 8.42 Å². The Kier molecular flexibility index (Phi) is 7.82. The summed E-state index contributed by atoms with van der Waals surface area (Å²) < 4.78 is 27.7. The number of hydrogen-bond acceptors (Lipinski definition) is 5. The number of piperazine rings is 1. The zero-order valence-corrected chi connectivity index (χ0v) is 19.6. The zero-order valence-electron chi connectivity index (χ0n) is 17.2. The molecule has 1 heterocycles. The van der Waals surface area contributed by atoms with Crippen LogP contribution in [0.3, 0.4) is 0 Å². The van der Waals surface area contributed by atoms with E-state index in [9.17, 15) is 18.0 Å². The lowest BCUT2D eigenvalue weighted by atomic mass is 10.2. The maximum atomic E-state index is 12.7. The molecule has 3 rings (SSSR count). The van der Waals surface area contributed by atoms with Gasteiger partial charge in [-0.3, -0.25) is 14.5 Å². The monoisotopic (exact) mass is 508 g/mol. The van der Waals surface area contributed by atoms with Crippen LogP contribution in [0.1, 0.15) is 5.56 Å². The van der Waals surface area contributed by atoms with Crippen molar-refractivity contribution in [3.8, 4) is 0 Å². The summed E-state index contributed by atoms with van der Waals surface area (Å²) in [6.07, 6.45) is 0. The Morgan fingerprint density at radius 3 is 2.32 bits per heavy atom. The van der Waals surface area contributed by atoms with Crippen LogP contribution in [-0.4, -0.2) is 68.7 Å². The first kappa shape index (κ1) is 23.4. The van der Waals surface area contributed by atoms with Gasteiger partial charge in [-0.05, 0) is 42.8 Å². The molecule has 2 N–H and O–H groups in total. The first-order valence-electron chi connectivity index (χ1n) is 9.90. The predicted octanol–water partition coefficient (Wildman–Crippen LogP) is 1.82. The third kappa shape index (κ3) is 6.13. The summed E-state index contributed by atoms with van der Waals surface area (Å²) in [6.45, 7) is 4.62. The Morgan fingerprint density at radius 2 is 1.68 bits per heavy atom. The van der Waals surface area contributed by atoms with Gasteiger partial charge in [-0.2, -0.15) is 4.31 Å². The second-order valence-electron chi connectivity index (χ2n) is 7.23. The van der Waals surface area contributed by atoms with Gasteiger partial charge in [0.25, 0.3) is 0 Å². The molecule has 2 aromatic rings. The molecule has 0 unspecified atom stereocenters. The first-order chi connectivity index (χ1) is 14.8. The SMILES string of the molecule is Cc1cc(NC(=O)C(=O)NCCN2CCN(S(=O)(=O)c3ccccc3)CC2)ccc1Br. The first-order valence-corrected chi connectivity index (χ1v) is 12.1. The lowest BCUT2D eigenvalue weighted by Gasteiger charge is -2.33. The number of sulfonamides is 1. The van der Waals surface area contributed by atoms with E-state index in [4.69, 9.17) is 0 Å². The molecule has 2 amide bonds. The van der Waals surface area contributed by atoms with Gasteiger partial charge in [0.2, 0.25) is 10.0 Å². The number of halogens is 1. The van der Waals surface area contributed by atoms with Crippen LogP contribution in [0.4, 0.5) is 5.69 Å². The Balaban J connectivity index is 1.41. The third-order valence-corrected chi connectivity index (χ3v) is 7.85. The van der Waals surface area contributed by atoms with Gasteiger partial charge in [-0.1, -0.05) is 34.1 Å². The van der Waals surface area contributed by atoms with Gasteiger partial charge >= 0.3 is 11.8 Å². The maximum Gasteiger partial charge on any atom is 0.313 e. The van der Waals surface area contributed by atoms with Crippen LogP contribution in [0.25, 0.3) is 0 Å². The topological polar surface area (TPSA) is 98.8 Å². The number of benzene rings is 2. The van der Waals surface area contributed by atoms with E-state index in [1.165, 1.54) is 4.31 Å². The molecule has 0 atom stereocenters. The van der Waals surface area contributed by atoms with Gasteiger partial charge in [0.1, 0.15) is 0 Å². The minimum Gasteiger partial charge on any atom is -0.347 e. The van der Waals surface area contributed by atoms with E-state index in [1.54, 1.807) is 48.5 Å². The molecule has 1 saturated heterocycles. The fraction of sp³-hybridized carbons (Fsp3) is 0.333. The summed E-state index contributed by atoms with van der Waals surface area (Å²) in [5.74, 6) is -1.42. The van der Waals surface area contributed by atoms with Crippen LogP contribution in [-0.2, 0) is 19.6 Å². The van der Waals surface area contributed by atoms with E-state index < -0.39 is 21.8 Å². The van der Waals surface area contributed by atoms with Crippen molar-refractivity contribution in [2.45, 2.75) is 11.8 Å². The summed E-state index contributed by atoms with van der Waals surface area (Å²) in [7, 11) is -3.49. The minimum absolute atomic E-state index is 0.294. The fourth-order valence-corrected chi connectivity index (χ4v) is 4.94. The average molecular weight is 509 g/mol. The van der Waals surface area contributed by atoms with Crippen molar-refractivity contribution < 1.29 is 18.0 Å². The smallest absolute Gasteiger partial charge is 0.313 e. The van der Waals surface area contributed by atoms with Crippen molar-refractivity contribution in [3.63, 3.8) is 0 Å². The number of carbonyl (C=O) groups excluding carboxylic acids is 2. The van der Waals surface area contributed by atoms with Crippen LogP contribution in [0.5, 0.6) is 0 Å². The highest BCUT2D eigenvalue weighted by molar-refractivity contribution is 9.10. The van der Waals surface area contributed by atoms with Crippen LogP contribution in [0.2, 0.25) is 0 Å². The maximum absolute atomic E-state index is 12.7. The number of amides is 2.